The summed E-state index contributed by atoms with van der Waals surface area (Å²) in [6.45, 7) is 4.11. The van der Waals surface area contributed by atoms with Gasteiger partial charge in [-0.15, -0.1) is 0 Å². The summed E-state index contributed by atoms with van der Waals surface area (Å²) in [7, 11) is 3.03. The monoisotopic (exact) mass is 431 g/mol. The standard InChI is InChI=1S/C21H22ClN3O3S/c1-13-7-14(2)9-15(8-13)25-6-5-23-21(25)29-12-20(26)24-17-11-18(27-3)16(22)10-19(17)28-4/h5-11H,12H2,1-4H3,(H,24,26). The van der Waals surface area contributed by atoms with Gasteiger partial charge in [0.1, 0.15) is 11.5 Å². The Bertz CT molecular complexity index is 1020. The van der Waals surface area contributed by atoms with Crippen molar-refractivity contribution in [3.8, 4) is 17.2 Å². The van der Waals surface area contributed by atoms with E-state index in [2.05, 4.69) is 42.3 Å². The van der Waals surface area contributed by atoms with Gasteiger partial charge >= 0.3 is 0 Å². The van der Waals surface area contributed by atoms with Crippen molar-refractivity contribution in [2.24, 2.45) is 0 Å². The number of carbonyl (C=O) groups excluding carboxylic acids is 1. The number of amides is 1. The van der Waals surface area contributed by atoms with Gasteiger partial charge in [-0.2, -0.15) is 0 Å². The van der Waals surface area contributed by atoms with Crippen LogP contribution in [0.2, 0.25) is 5.02 Å². The summed E-state index contributed by atoms with van der Waals surface area (Å²) in [5.74, 6) is 0.926. The maximum Gasteiger partial charge on any atom is 0.234 e. The molecular formula is C21H22ClN3O3S. The van der Waals surface area contributed by atoms with E-state index < -0.39 is 0 Å². The molecular weight excluding hydrogens is 410 g/mol. The number of hydrogen-bond donors (Lipinski definition) is 1. The number of thioether (sulfide) groups is 1. The Morgan fingerprint density at radius 3 is 2.45 bits per heavy atom. The summed E-state index contributed by atoms with van der Waals surface area (Å²) >= 11 is 7.47. The Balaban J connectivity index is 1.72. The molecule has 152 valence electrons. The lowest BCUT2D eigenvalue weighted by atomic mass is 10.1. The first-order valence-corrected chi connectivity index (χ1v) is 10.2. The number of hydrogen-bond acceptors (Lipinski definition) is 5. The van der Waals surface area contributed by atoms with Gasteiger partial charge in [-0.1, -0.05) is 29.4 Å². The molecule has 0 atom stereocenters. The Hall–Kier alpha value is -2.64. The molecule has 0 aliphatic carbocycles. The molecule has 29 heavy (non-hydrogen) atoms. The van der Waals surface area contributed by atoms with Gasteiger partial charge in [0.05, 0.1) is 30.7 Å². The number of carbonyl (C=O) groups is 1. The van der Waals surface area contributed by atoms with Gasteiger partial charge in [-0.25, -0.2) is 4.98 Å². The van der Waals surface area contributed by atoms with Crippen molar-refractivity contribution < 1.29 is 14.3 Å². The van der Waals surface area contributed by atoms with Gasteiger partial charge in [-0.05, 0) is 37.1 Å². The van der Waals surface area contributed by atoms with Crippen LogP contribution in [-0.4, -0.2) is 35.4 Å². The first-order chi connectivity index (χ1) is 13.9. The summed E-state index contributed by atoms with van der Waals surface area (Å²) in [6.07, 6.45) is 3.62. The van der Waals surface area contributed by atoms with Gasteiger partial charge in [0.25, 0.3) is 0 Å². The second kappa shape index (κ2) is 9.24. The molecule has 0 unspecified atom stereocenters. The fourth-order valence-electron chi connectivity index (χ4n) is 2.96. The van der Waals surface area contributed by atoms with Crippen molar-refractivity contribution >= 4 is 35.0 Å². The fourth-order valence-corrected chi connectivity index (χ4v) is 3.96. The van der Waals surface area contributed by atoms with Crippen LogP contribution in [0.25, 0.3) is 5.69 Å². The summed E-state index contributed by atoms with van der Waals surface area (Å²) in [4.78, 5) is 16.9. The largest absolute Gasteiger partial charge is 0.495 e. The minimum atomic E-state index is -0.187. The lowest BCUT2D eigenvalue weighted by Crippen LogP contribution is -2.15. The minimum absolute atomic E-state index is 0.187. The third-order valence-corrected chi connectivity index (χ3v) is 5.43. The van der Waals surface area contributed by atoms with Crippen molar-refractivity contribution in [1.29, 1.82) is 0 Å². The third-order valence-electron chi connectivity index (χ3n) is 4.17. The van der Waals surface area contributed by atoms with E-state index in [4.69, 9.17) is 21.1 Å². The lowest BCUT2D eigenvalue weighted by Gasteiger charge is -2.13. The Labute approximate surface area is 179 Å². The van der Waals surface area contributed by atoms with Crippen molar-refractivity contribution in [3.63, 3.8) is 0 Å². The van der Waals surface area contributed by atoms with Crippen LogP contribution in [0.1, 0.15) is 11.1 Å². The van der Waals surface area contributed by atoms with E-state index in [1.165, 1.54) is 37.1 Å². The first-order valence-electron chi connectivity index (χ1n) is 8.87. The van der Waals surface area contributed by atoms with Crippen LogP contribution in [0, 0.1) is 13.8 Å². The fraction of sp³-hybridized carbons (Fsp3) is 0.238. The summed E-state index contributed by atoms with van der Waals surface area (Å²) < 4.78 is 12.5. The number of ether oxygens (including phenoxy) is 2. The molecule has 0 saturated heterocycles. The van der Waals surface area contributed by atoms with E-state index >= 15 is 0 Å². The number of halogens is 1. The highest BCUT2D eigenvalue weighted by Gasteiger charge is 2.14. The summed E-state index contributed by atoms with van der Waals surface area (Å²) in [5.41, 5.74) is 3.86. The van der Waals surface area contributed by atoms with E-state index in [0.717, 1.165) is 10.8 Å². The SMILES string of the molecule is COc1cc(NC(=O)CSc2nccn2-c2cc(C)cc(C)c2)c(OC)cc1Cl. The molecule has 0 bridgehead atoms. The number of aryl methyl sites for hydroxylation is 2. The number of benzene rings is 2. The van der Waals surface area contributed by atoms with E-state index in [9.17, 15) is 4.79 Å². The highest BCUT2D eigenvalue weighted by atomic mass is 35.5. The van der Waals surface area contributed by atoms with Crippen molar-refractivity contribution in [1.82, 2.24) is 9.55 Å². The molecule has 1 amide bonds. The molecule has 6 nitrogen and oxygen atoms in total. The molecule has 3 aromatic rings. The third kappa shape index (κ3) is 5.05. The van der Waals surface area contributed by atoms with Crippen molar-refractivity contribution in [2.75, 3.05) is 25.3 Å². The predicted molar refractivity (Wildman–Crippen MR) is 117 cm³/mol. The first kappa shape index (κ1) is 21.1. The van der Waals surface area contributed by atoms with E-state index in [1.807, 2.05) is 10.8 Å². The van der Waals surface area contributed by atoms with Gasteiger partial charge in [0, 0.05) is 30.2 Å². The molecule has 0 aliphatic rings. The molecule has 0 spiro atoms. The number of aromatic nitrogens is 2. The minimum Gasteiger partial charge on any atom is -0.495 e. The molecule has 0 radical (unpaired) electrons. The average Bonchev–Trinajstić information content (AvgIpc) is 3.15. The highest BCUT2D eigenvalue weighted by molar-refractivity contribution is 7.99. The zero-order valence-electron chi connectivity index (χ0n) is 16.7. The lowest BCUT2D eigenvalue weighted by molar-refractivity contribution is -0.113. The molecule has 2 aromatic carbocycles. The van der Waals surface area contributed by atoms with Crippen LogP contribution >= 0.6 is 23.4 Å². The molecule has 0 fully saturated rings. The van der Waals surface area contributed by atoms with E-state index in [-0.39, 0.29) is 11.7 Å². The molecule has 1 N–H and O–H groups in total. The zero-order chi connectivity index (χ0) is 21.0. The smallest absolute Gasteiger partial charge is 0.234 e. The zero-order valence-corrected chi connectivity index (χ0v) is 18.2. The second-order valence-electron chi connectivity index (χ2n) is 6.45. The number of nitrogens with one attached hydrogen (secondary N) is 1. The number of rotatable bonds is 7. The highest BCUT2D eigenvalue weighted by Crippen LogP contribution is 2.36. The Morgan fingerprint density at radius 1 is 1.10 bits per heavy atom. The molecule has 0 aliphatic heterocycles. The van der Waals surface area contributed by atoms with Gasteiger partial charge < -0.3 is 14.8 Å². The molecule has 0 saturated carbocycles. The number of anilines is 1. The number of nitrogens with zero attached hydrogens (tertiary/aromatic N) is 2. The number of imidazole rings is 1. The van der Waals surface area contributed by atoms with Crippen LogP contribution in [0.15, 0.2) is 47.9 Å². The van der Waals surface area contributed by atoms with Crippen LogP contribution in [0.4, 0.5) is 5.69 Å². The van der Waals surface area contributed by atoms with Crippen LogP contribution in [0.5, 0.6) is 11.5 Å². The molecule has 3 rings (SSSR count). The van der Waals surface area contributed by atoms with Gasteiger partial charge in [0.2, 0.25) is 5.91 Å². The maximum atomic E-state index is 12.5. The van der Waals surface area contributed by atoms with E-state index in [1.54, 1.807) is 18.3 Å². The van der Waals surface area contributed by atoms with Crippen molar-refractivity contribution in [2.45, 2.75) is 19.0 Å². The quantitative estimate of drug-likeness (QED) is 0.539. The molecule has 1 heterocycles. The van der Waals surface area contributed by atoms with Gasteiger partial charge in [-0.3, -0.25) is 9.36 Å². The summed E-state index contributed by atoms with van der Waals surface area (Å²) in [5, 5.41) is 3.99. The van der Waals surface area contributed by atoms with E-state index in [0.29, 0.717) is 22.2 Å². The Kier molecular flexibility index (Phi) is 6.71. The average molecular weight is 432 g/mol. The topological polar surface area (TPSA) is 65.4 Å². The maximum absolute atomic E-state index is 12.5. The number of methoxy groups -OCH3 is 2. The van der Waals surface area contributed by atoms with Crippen LogP contribution in [-0.2, 0) is 4.79 Å². The normalized spacial score (nSPS) is 10.7. The van der Waals surface area contributed by atoms with Crippen LogP contribution in [0.3, 0.4) is 0 Å². The second-order valence-corrected chi connectivity index (χ2v) is 7.80. The summed E-state index contributed by atoms with van der Waals surface area (Å²) in [6, 6.07) is 9.54. The molecule has 1 aromatic heterocycles. The van der Waals surface area contributed by atoms with Gasteiger partial charge in [0.15, 0.2) is 5.16 Å². The Morgan fingerprint density at radius 2 is 1.79 bits per heavy atom. The van der Waals surface area contributed by atoms with Crippen molar-refractivity contribution in [3.05, 3.63) is 58.9 Å². The predicted octanol–water partition coefficient (Wildman–Crippen LogP) is 4.89. The van der Waals surface area contributed by atoms with Crippen LogP contribution < -0.4 is 14.8 Å². The molecule has 8 heteroatoms.